The quantitative estimate of drug-likeness (QED) is 0.852. The lowest BCUT2D eigenvalue weighted by Crippen LogP contribution is -2.14. The highest BCUT2D eigenvalue weighted by atomic mass is 35.5. The first-order chi connectivity index (χ1) is 9.29. The molecule has 0 fully saturated rings. The van der Waals surface area contributed by atoms with Crippen LogP contribution in [0.15, 0.2) is 41.3 Å². The number of rotatable bonds is 3. The maximum Gasteiger partial charge on any atom is 0.240 e. The van der Waals surface area contributed by atoms with Gasteiger partial charge in [-0.05, 0) is 42.8 Å². The molecular formula is C13H13ClN2O3S. The van der Waals surface area contributed by atoms with Crippen LogP contribution in [-0.4, -0.2) is 8.42 Å². The summed E-state index contributed by atoms with van der Waals surface area (Å²) in [6.07, 6.45) is 0. The van der Waals surface area contributed by atoms with Crippen molar-refractivity contribution in [3.05, 3.63) is 47.0 Å². The van der Waals surface area contributed by atoms with E-state index < -0.39 is 10.0 Å². The van der Waals surface area contributed by atoms with E-state index in [1.54, 1.807) is 24.3 Å². The fourth-order valence-electron chi connectivity index (χ4n) is 1.71. The lowest BCUT2D eigenvalue weighted by atomic mass is 10.2. The van der Waals surface area contributed by atoms with E-state index in [4.69, 9.17) is 27.2 Å². The van der Waals surface area contributed by atoms with Crippen molar-refractivity contribution in [1.82, 2.24) is 0 Å². The molecule has 0 amide bonds. The summed E-state index contributed by atoms with van der Waals surface area (Å²) in [7, 11) is -3.89. The average Bonchev–Trinajstić information content (AvgIpc) is 2.33. The van der Waals surface area contributed by atoms with Crippen LogP contribution >= 0.6 is 11.6 Å². The van der Waals surface area contributed by atoms with Crippen molar-refractivity contribution >= 4 is 27.3 Å². The second kappa shape index (κ2) is 5.32. The van der Waals surface area contributed by atoms with Crippen LogP contribution < -0.4 is 15.6 Å². The zero-order valence-electron chi connectivity index (χ0n) is 10.6. The topological polar surface area (TPSA) is 95.4 Å². The van der Waals surface area contributed by atoms with Crippen molar-refractivity contribution in [3.63, 3.8) is 0 Å². The number of nitrogens with two attached hydrogens (primary N) is 2. The Kier molecular flexibility index (Phi) is 3.89. The van der Waals surface area contributed by atoms with Crippen molar-refractivity contribution in [2.45, 2.75) is 11.8 Å². The van der Waals surface area contributed by atoms with Gasteiger partial charge in [-0.2, -0.15) is 0 Å². The van der Waals surface area contributed by atoms with Crippen molar-refractivity contribution in [3.8, 4) is 11.5 Å². The Morgan fingerprint density at radius 3 is 2.45 bits per heavy atom. The normalized spacial score (nSPS) is 11.3. The minimum Gasteiger partial charge on any atom is -0.455 e. The van der Waals surface area contributed by atoms with Gasteiger partial charge in [0.25, 0.3) is 0 Å². The van der Waals surface area contributed by atoms with Crippen LogP contribution in [0.3, 0.4) is 0 Å². The lowest BCUT2D eigenvalue weighted by Gasteiger charge is -2.12. The summed E-state index contributed by atoms with van der Waals surface area (Å²) in [4.78, 5) is -0.165. The Labute approximate surface area is 122 Å². The first-order valence-electron chi connectivity index (χ1n) is 5.64. The maximum absolute atomic E-state index is 11.4. The molecule has 0 aliphatic carbocycles. The minimum absolute atomic E-state index is 0.0237. The Morgan fingerprint density at radius 2 is 1.85 bits per heavy atom. The van der Waals surface area contributed by atoms with Gasteiger partial charge in [0.05, 0.1) is 5.69 Å². The van der Waals surface area contributed by atoms with E-state index in [0.29, 0.717) is 10.8 Å². The summed E-state index contributed by atoms with van der Waals surface area (Å²) in [6, 6.07) is 9.49. The number of nitrogen functional groups attached to an aromatic ring is 1. The Bertz CT molecular complexity index is 760. The fraction of sp³-hybridized carbons (Fsp3) is 0.0769. The van der Waals surface area contributed by atoms with Gasteiger partial charge in [-0.3, -0.25) is 0 Å². The summed E-state index contributed by atoms with van der Waals surface area (Å²) in [5.74, 6) is 0.759. The van der Waals surface area contributed by atoms with Crippen LogP contribution in [0.25, 0.3) is 0 Å². The molecule has 2 aromatic carbocycles. The van der Waals surface area contributed by atoms with Gasteiger partial charge in [-0.1, -0.05) is 17.7 Å². The number of aryl methyl sites for hydroxylation is 1. The molecule has 0 unspecified atom stereocenters. The lowest BCUT2D eigenvalue weighted by molar-refractivity contribution is 0.479. The summed E-state index contributed by atoms with van der Waals surface area (Å²) in [5, 5.41) is 5.67. The molecule has 0 heterocycles. The number of anilines is 1. The molecule has 7 heteroatoms. The van der Waals surface area contributed by atoms with Gasteiger partial charge in [0.15, 0.2) is 5.75 Å². The molecule has 0 radical (unpaired) electrons. The predicted octanol–water partition coefficient (Wildman–Crippen LogP) is 2.67. The van der Waals surface area contributed by atoms with Gasteiger partial charge < -0.3 is 10.5 Å². The zero-order chi connectivity index (χ0) is 14.9. The molecule has 0 aliphatic rings. The van der Waals surface area contributed by atoms with E-state index in [1.807, 2.05) is 6.92 Å². The minimum atomic E-state index is -3.89. The molecule has 5 nitrogen and oxygen atoms in total. The van der Waals surface area contributed by atoms with Gasteiger partial charge in [-0.25, -0.2) is 13.6 Å². The van der Waals surface area contributed by atoms with Crippen LogP contribution in [0.2, 0.25) is 5.02 Å². The number of primary sulfonamides is 1. The number of hydrogen-bond acceptors (Lipinski definition) is 4. The second-order valence-electron chi connectivity index (χ2n) is 4.22. The third-order valence-corrected chi connectivity index (χ3v) is 3.89. The van der Waals surface area contributed by atoms with Crippen molar-refractivity contribution in [1.29, 1.82) is 0 Å². The summed E-state index contributed by atoms with van der Waals surface area (Å²) >= 11 is 5.86. The predicted molar refractivity (Wildman–Crippen MR) is 78.5 cm³/mol. The fourth-order valence-corrected chi connectivity index (χ4v) is 2.61. The van der Waals surface area contributed by atoms with Crippen LogP contribution in [0.1, 0.15) is 5.56 Å². The Morgan fingerprint density at radius 1 is 1.15 bits per heavy atom. The van der Waals surface area contributed by atoms with Crippen molar-refractivity contribution in [2.24, 2.45) is 5.14 Å². The average molecular weight is 313 g/mol. The molecule has 0 aliphatic heterocycles. The molecule has 0 bridgehead atoms. The number of para-hydroxylation sites is 1. The van der Waals surface area contributed by atoms with E-state index >= 15 is 0 Å². The summed E-state index contributed by atoms with van der Waals surface area (Å²) in [6.45, 7) is 1.82. The highest BCUT2D eigenvalue weighted by molar-refractivity contribution is 7.89. The number of ether oxygens (including phenoxy) is 1. The van der Waals surface area contributed by atoms with Crippen LogP contribution in [0, 0.1) is 6.92 Å². The third-order valence-electron chi connectivity index (χ3n) is 2.69. The molecule has 2 rings (SSSR count). The molecule has 0 aromatic heterocycles. The number of benzene rings is 2. The molecule has 106 valence electrons. The highest BCUT2D eigenvalue weighted by Crippen LogP contribution is 2.33. The summed E-state index contributed by atoms with van der Waals surface area (Å²) < 4.78 is 28.4. The van der Waals surface area contributed by atoms with Gasteiger partial charge in [0.2, 0.25) is 10.0 Å². The van der Waals surface area contributed by atoms with E-state index in [2.05, 4.69) is 0 Å². The van der Waals surface area contributed by atoms with Crippen molar-refractivity contribution < 1.29 is 13.2 Å². The van der Waals surface area contributed by atoms with Crippen LogP contribution in [-0.2, 0) is 10.0 Å². The molecule has 0 saturated heterocycles. The maximum atomic E-state index is 11.4. The molecule has 4 N–H and O–H groups in total. The number of sulfonamides is 1. The van der Waals surface area contributed by atoms with E-state index in [1.165, 1.54) is 12.1 Å². The number of halogens is 1. The third kappa shape index (κ3) is 3.04. The van der Waals surface area contributed by atoms with Gasteiger partial charge in [0, 0.05) is 5.02 Å². The largest absolute Gasteiger partial charge is 0.455 e. The SMILES string of the molecule is Cc1cc(Cl)ccc1Oc1cccc(S(N)(=O)=O)c1N. The zero-order valence-corrected chi connectivity index (χ0v) is 12.2. The van der Waals surface area contributed by atoms with E-state index in [-0.39, 0.29) is 16.3 Å². The standard InChI is InChI=1S/C13H13ClN2O3S/c1-8-7-9(14)5-6-10(8)19-11-3-2-4-12(13(11)15)20(16,17)18/h2-7H,15H2,1H3,(H2,16,17,18). The molecule has 2 aromatic rings. The Hall–Kier alpha value is -1.76. The van der Waals surface area contributed by atoms with E-state index in [0.717, 1.165) is 5.56 Å². The smallest absolute Gasteiger partial charge is 0.240 e. The van der Waals surface area contributed by atoms with Gasteiger partial charge >= 0.3 is 0 Å². The molecule has 20 heavy (non-hydrogen) atoms. The molecule has 0 saturated carbocycles. The second-order valence-corrected chi connectivity index (χ2v) is 6.19. The first-order valence-corrected chi connectivity index (χ1v) is 7.57. The van der Waals surface area contributed by atoms with Crippen LogP contribution in [0.5, 0.6) is 11.5 Å². The first kappa shape index (κ1) is 14.6. The molecular weight excluding hydrogens is 300 g/mol. The highest BCUT2D eigenvalue weighted by Gasteiger charge is 2.16. The Balaban J connectivity index is 2.45. The number of hydrogen-bond donors (Lipinski definition) is 2. The molecule has 0 atom stereocenters. The van der Waals surface area contributed by atoms with Crippen LogP contribution in [0.4, 0.5) is 5.69 Å². The van der Waals surface area contributed by atoms with Gasteiger partial charge in [0.1, 0.15) is 10.6 Å². The summed E-state index contributed by atoms with van der Waals surface area (Å²) in [5.41, 5.74) is 6.57. The van der Waals surface area contributed by atoms with E-state index in [9.17, 15) is 8.42 Å². The van der Waals surface area contributed by atoms with Crippen molar-refractivity contribution in [2.75, 3.05) is 5.73 Å². The van der Waals surface area contributed by atoms with Gasteiger partial charge in [-0.15, -0.1) is 0 Å². The monoisotopic (exact) mass is 312 g/mol. The molecule has 0 spiro atoms.